The van der Waals surface area contributed by atoms with Crippen molar-refractivity contribution in [2.24, 2.45) is 0 Å². The molecule has 0 aliphatic heterocycles. The fraction of sp³-hybridized carbons (Fsp3) is 0.500. The lowest BCUT2D eigenvalue weighted by Crippen LogP contribution is -2.30. The van der Waals surface area contributed by atoms with Crippen LogP contribution >= 0.6 is 0 Å². The van der Waals surface area contributed by atoms with Gasteiger partial charge in [0.1, 0.15) is 0 Å². The van der Waals surface area contributed by atoms with Crippen LogP contribution in [0.2, 0.25) is 0 Å². The minimum atomic E-state index is -3.68. The van der Waals surface area contributed by atoms with Crippen LogP contribution in [0.4, 0.5) is 5.69 Å². The Morgan fingerprint density at radius 2 is 1.95 bits per heavy atom. The van der Waals surface area contributed by atoms with Gasteiger partial charge < -0.3 is 10.5 Å². The molecule has 6 nitrogen and oxygen atoms in total. The molecule has 1 aromatic rings. The molecule has 0 unspecified atom stereocenters. The SMILES string of the molecule is CCOC(=O)CCN(C)S(=O)(=O)c1cc(N)cc(C)c1C. The van der Waals surface area contributed by atoms with Gasteiger partial charge in [-0.2, -0.15) is 0 Å². The van der Waals surface area contributed by atoms with Gasteiger partial charge >= 0.3 is 5.97 Å². The molecule has 0 saturated heterocycles. The molecule has 1 aromatic carbocycles. The van der Waals surface area contributed by atoms with Crippen molar-refractivity contribution in [2.45, 2.75) is 32.1 Å². The average molecular weight is 314 g/mol. The van der Waals surface area contributed by atoms with E-state index in [1.54, 1.807) is 19.9 Å². The zero-order chi connectivity index (χ0) is 16.2. The van der Waals surface area contributed by atoms with E-state index in [-0.39, 0.29) is 24.5 Å². The second kappa shape index (κ2) is 6.91. The van der Waals surface area contributed by atoms with Crippen LogP contribution in [-0.2, 0) is 19.6 Å². The predicted octanol–water partition coefficient (Wildman–Crippen LogP) is 1.46. The number of carbonyl (C=O) groups excluding carboxylic acids is 1. The lowest BCUT2D eigenvalue weighted by molar-refractivity contribution is -0.143. The minimum absolute atomic E-state index is 0.0178. The summed E-state index contributed by atoms with van der Waals surface area (Å²) in [5.41, 5.74) is 7.60. The fourth-order valence-electron chi connectivity index (χ4n) is 1.89. The lowest BCUT2D eigenvalue weighted by atomic mass is 10.1. The van der Waals surface area contributed by atoms with E-state index in [0.29, 0.717) is 11.3 Å². The molecule has 0 aliphatic rings. The third-order valence-electron chi connectivity index (χ3n) is 3.27. The number of hydrogen-bond acceptors (Lipinski definition) is 5. The molecule has 0 heterocycles. The lowest BCUT2D eigenvalue weighted by Gasteiger charge is -2.19. The molecule has 0 radical (unpaired) electrons. The summed E-state index contributed by atoms with van der Waals surface area (Å²) in [6, 6.07) is 3.17. The first-order valence-corrected chi connectivity index (χ1v) is 8.12. The van der Waals surface area contributed by atoms with Gasteiger partial charge in [0, 0.05) is 19.3 Å². The zero-order valence-corrected chi connectivity index (χ0v) is 13.7. The highest BCUT2D eigenvalue weighted by molar-refractivity contribution is 7.89. The summed E-state index contributed by atoms with van der Waals surface area (Å²) >= 11 is 0. The van der Waals surface area contributed by atoms with Gasteiger partial charge in [0.15, 0.2) is 0 Å². The van der Waals surface area contributed by atoms with Gasteiger partial charge in [-0.25, -0.2) is 12.7 Å². The number of ether oxygens (including phenoxy) is 1. The van der Waals surface area contributed by atoms with E-state index in [9.17, 15) is 13.2 Å². The molecule has 0 fully saturated rings. The Kier molecular flexibility index (Phi) is 5.74. The van der Waals surface area contributed by atoms with Gasteiger partial charge in [0.25, 0.3) is 0 Å². The van der Waals surface area contributed by atoms with E-state index in [4.69, 9.17) is 10.5 Å². The van der Waals surface area contributed by atoms with Crippen molar-refractivity contribution >= 4 is 21.7 Å². The number of carbonyl (C=O) groups is 1. The van der Waals surface area contributed by atoms with Crippen molar-refractivity contribution in [1.82, 2.24) is 4.31 Å². The number of esters is 1. The maximum atomic E-state index is 12.5. The first-order valence-electron chi connectivity index (χ1n) is 6.68. The number of aryl methyl sites for hydroxylation is 1. The highest BCUT2D eigenvalue weighted by Crippen LogP contribution is 2.24. The van der Waals surface area contributed by atoms with Crippen molar-refractivity contribution in [3.63, 3.8) is 0 Å². The molecule has 0 aliphatic carbocycles. The van der Waals surface area contributed by atoms with Gasteiger partial charge in [-0.1, -0.05) is 0 Å². The highest BCUT2D eigenvalue weighted by atomic mass is 32.2. The molecule has 0 bridgehead atoms. The average Bonchev–Trinajstić information content (AvgIpc) is 2.40. The number of nitrogens with two attached hydrogens (primary N) is 1. The number of nitrogen functional groups attached to an aromatic ring is 1. The number of sulfonamides is 1. The van der Waals surface area contributed by atoms with Crippen LogP contribution in [0.25, 0.3) is 0 Å². The Labute approximate surface area is 125 Å². The van der Waals surface area contributed by atoms with Crippen molar-refractivity contribution in [3.8, 4) is 0 Å². The Morgan fingerprint density at radius 3 is 2.52 bits per heavy atom. The predicted molar refractivity (Wildman–Crippen MR) is 81.4 cm³/mol. The van der Waals surface area contributed by atoms with Crippen LogP contribution in [0, 0.1) is 13.8 Å². The highest BCUT2D eigenvalue weighted by Gasteiger charge is 2.24. The second-order valence-electron chi connectivity index (χ2n) is 4.84. The third kappa shape index (κ3) is 4.18. The van der Waals surface area contributed by atoms with Gasteiger partial charge in [-0.3, -0.25) is 4.79 Å². The Bertz CT molecular complexity index is 626. The molecule has 0 amide bonds. The summed E-state index contributed by atoms with van der Waals surface area (Å²) < 4.78 is 31.0. The van der Waals surface area contributed by atoms with Gasteiger partial charge in [-0.05, 0) is 44.0 Å². The molecule has 1 rings (SSSR count). The van der Waals surface area contributed by atoms with Crippen molar-refractivity contribution in [2.75, 3.05) is 25.9 Å². The van der Waals surface area contributed by atoms with Crippen LogP contribution in [0.5, 0.6) is 0 Å². The number of benzene rings is 1. The standard InChI is InChI=1S/C14H22N2O4S/c1-5-20-14(17)6-7-16(4)21(18,19)13-9-12(15)8-10(2)11(13)3/h8-9H,5-7,15H2,1-4H3. The van der Waals surface area contributed by atoms with Crippen LogP contribution in [0.3, 0.4) is 0 Å². The summed E-state index contributed by atoms with van der Waals surface area (Å²) in [6.45, 7) is 5.60. The summed E-state index contributed by atoms with van der Waals surface area (Å²) in [7, 11) is -2.24. The number of anilines is 1. The molecular weight excluding hydrogens is 292 g/mol. The summed E-state index contributed by atoms with van der Waals surface area (Å²) in [5.74, 6) is -0.417. The minimum Gasteiger partial charge on any atom is -0.466 e. The normalized spacial score (nSPS) is 11.7. The van der Waals surface area contributed by atoms with Crippen molar-refractivity contribution < 1.29 is 17.9 Å². The van der Waals surface area contributed by atoms with Crippen molar-refractivity contribution in [1.29, 1.82) is 0 Å². The number of rotatable bonds is 6. The van der Waals surface area contributed by atoms with Gasteiger partial charge in [0.05, 0.1) is 17.9 Å². The van der Waals surface area contributed by atoms with E-state index in [2.05, 4.69) is 0 Å². The molecule has 2 N–H and O–H groups in total. The van der Waals surface area contributed by atoms with Crippen LogP contribution in [0.15, 0.2) is 17.0 Å². The van der Waals surface area contributed by atoms with Crippen molar-refractivity contribution in [3.05, 3.63) is 23.3 Å². The van der Waals surface area contributed by atoms with Crippen LogP contribution in [-0.4, -0.2) is 38.9 Å². The molecule has 0 saturated carbocycles. The smallest absolute Gasteiger partial charge is 0.307 e. The summed E-state index contributed by atoms with van der Waals surface area (Å²) in [6.07, 6.45) is 0.0178. The molecular formula is C14H22N2O4S. The maximum absolute atomic E-state index is 12.5. The van der Waals surface area contributed by atoms with E-state index in [1.807, 2.05) is 6.92 Å². The van der Waals surface area contributed by atoms with Gasteiger partial charge in [-0.15, -0.1) is 0 Å². The first kappa shape index (κ1) is 17.5. The quantitative estimate of drug-likeness (QED) is 0.634. The Hall–Kier alpha value is -1.60. The van der Waals surface area contributed by atoms with E-state index >= 15 is 0 Å². The number of nitrogens with zero attached hydrogens (tertiary/aromatic N) is 1. The monoisotopic (exact) mass is 314 g/mol. The second-order valence-corrected chi connectivity index (χ2v) is 6.86. The Morgan fingerprint density at radius 1 is 1.33 bits per heavy atom. The van der Waals surface area contributed by atoms with E-state index < -0.39 is 16.0 Å². The summed E-state index contributed by atoms with van der Waals surface area (Å²) in [4.78, 5) is 11.5. The molecule has 21 heavy (non-hydrogen) atoms. The maximum Gasteiger partial charge on any atom is 0.307 e. The molecule has 0 atom stereocenters. The topological polar surface area (TPSA) is 89.7 Å². The zero-order valence-electron chi connectivity index (χ0n) is 12.8. The fourth-order valence-corrected chi connectivity index (χ4v) is 3.39. The largest absolute Gasteiger partial charge is 0.466 e. The van der Waals surface area contributed by atoms with E-state index in [0.717, 1.165) is 9.87 Å². The summed E-state index contributed by atoms with van der Waals surface area (Å²) in [5, 5.41) is 0. The third-order valence-corrected chi connectivity index (χ3v) is 5.25. The molecule has 0 spiro atoms. The van der Waals surface area contributed by atoms with E-state index in [1.165, 1.54) is 13.1 Å². The molecule has 0 aromatic heterocycles. The van der Waals surface area contributed by atoms with Crippen LogP contribution < -0.4 is 5.73 Å². The number of hydrogen-bond donors (Lipinski definition) is 1. The molecule has 118 valence electrons. The first-order chi connectivity index (χ1) is 9.70. The Balaban J connectivity index is 2.98. The van der Waals surface area contributed by atoms with Gasteiger partial charge in [0.2, 0.25) is 10.0 Å². The van der Waals surface area contributed by atoms with Crippen LogP contribution in [0.1, 0.15) is 24.5 Å². The molecule has 7 heteroatoms.